The van der Waals surface area contributed by atoms with Crippen molar-refractivity contribution in [1.82, 2.24) is 4.31 Å². The quantitative estimate of drug-likeness (QED) is 0.793. The Kier molecular flexibility index (Phi) is 3.91. The average Bonchev–Trinajstić information content (AvgIpc) is 2.16. The Hall–Kier alpha value is -0.270. The van der Waals surface area contributed by atoms with E-state index >= 15 is 0 Å². The third-order valence-electron chi connectivity index (χ3n) is 2.45. The monoisotopic (exact) mass is 267 g/mol. The molecule has 1 N–H and O–H groups in total. The van der Waals surface area contributed by atoms with Gasteiger partial charge < -0.3 is 5.11 Å². The maximum atomic E-state index is 12.2. The first-order valence-electron chi connectivity index (χ1n) is 5.00. The van der Waals surface area contributed by atoms with E-state index in [0.717, 1.165) is 4.31 Å². The minimum Gasteiger partial charge on any atom is -0.480 e. The van der Waals surface area contributed by atoms with Crippen LogP contribution in [0.3, 0.4) is 0 Å². The van der Waals surface area contributed by atoms with Crippen molar-refractivity contribution in [2.45, 2.75) is 31.6 Å². The van der Waals surface area contributed by atoms with Gasteiger partial charge in [-0.15, -0.1) is 0 Å². The molecule has 1 rings (SSSR count). The third kappa shape index (κ3) is 2.52. The van der Waals surface area contributed by atoms with Crippen molar-refractivity contribution < 1.29 is 18.3 Å². The average molecular weight is 267 g/mol. The smallest absolute Gasteiger partial charge is 0.322 e. The summed E-state index contributed by atoms with van der Waals surface area (Å²) in [6.45, 7) is 5.04. The zero-order valence-corrected chi connectivity index (χ0v) is 11.3. The van der Waals surface area contributed by atoms with Gasteiger partial charge in [0.25, 0.3) is 0 Å². The summed E-state index contributed by atoms with van der Waals surface area (Å²) in [4.78, 5) is 11.0. The van der Waals surface area contributed by atoms with E-state index in [0.29, 0.717) is 11.5 Å². The fraction of sp³-hybridized carbons (Fsp3) is 0.889. The van der Waals surface area contributed by atoms with Gasteiger partial charge >= 0.3 is 5.97 Å². The van der Waals surface area contributed by atoms with Crippen molar-refractivity contribution in [2.24, 2.45) is 0 Å². The molecule has 0 aromatic carbocycles. The summed E-state index contributed by atoms with van der Waals surface area (Å²) in [6.07, 6.45) is 0. The molecule has 1 saturated heterocycles. The van der Waals surface area contributed by atoms with Crippen molar-refractivity contribution in [3.63, 3.8) is 0 Å². The second-order valence-electron chi connectivity index (χ2n) is 4.66. The first-order chi connectivity index (χ1) is 7.18. The van der Waals surface area contributed by atoms with E-state index in [1.807, 2.05) is 0 Å². The maximum Gasteiger partial charge on any atom is 0.322 e. The summed E-state index contributed by atoms with van der Waals surface area (Å²) < 4.78 is 24.5. The van der Waals surface area contributed by atoms with Gasteiger partial charge in [0.1, 0.15) is 6.04 Å². The summed E-state index contributed by atoms with van der Waals surface area (Å²) in [5.74, 6) is -0.0935. The van der Waals surface area contributed by atoms with Crippen LogP contribution in [0, 0.1) is 0 Å². The lowest BCUT2D eigenvalue weighted by Crippen LogP contribution is -2.54. The number of nitrogens with zero attached hydrogens (tertiary/aromatic N) is 1. The Morgan fingerprint density at radius 1 is 1.44 bits per heavy atom. The molecule has 5 nitrogen and oxygen atoms in total. The van der Waals surface area contributed by atoms with E-state index in [-0.39, 0.29) is 6.54 Å². The summed E-state index contributed by atoms with van der Waals surface area (Å²) in [5, 5.41) is 9.02. The van der Waals surface area contributed by atoms with Crippen LogP contribution < -0.4 is 0 Å². The number of aliphatic carboxylic acids is 1. The summed E-state index contributed by atoms with van der Waals surface area (Å²) >= 11 is 1.47. The molecule has 1 atom stereocenters. The molecule has 0 aliphatic carbocycles. The van der Waals surface area contributed by atoms with Crippen molar-refractivity contribution in [2.75, 3.05) is 18.1 Å². The van der Waals surface area contributed by atoms with Crippen LogP contribution in [0.5, 0.6) is 0 Å². The largest absolute Gasteiger partial charge is 0.480 e. The fourth-order valence-electron chi connectivity index (χ4n) is 1.42. The summed E-state index contributed by atoms with van der Waals surface area (Å²) in [6, 6.07) is -0.928. The molecule has 1 aliphatic heterocycles. The molecule has 0 bridgehead atoms. The Balaban J connectivity index is 3.05. The highest BCUT2D eigenvalue weighted by Gasteiger charge is 2.43. The summed E-state index contributed by atoms with van der Waals surface area (Å²) in [7, 11) is -3.55. The molecular weight excluding hydrogens is 250 g/mol. The normalized spacial score (nSPS) is 24.3. The highest BCUT2D eigenvalue weighted by molar-refractivity contribution is 7.99. The van der Waals surface area contributed by atoms with Crippen molar-refractivity contribution in [3.8, 4) is 0 Å². The van der Waals surface area contributed by atoms with Gasteiger partial charge in [0.15, 0.2) is 0 Å². The molecule has 0 saturated carbocycles. The van der Waals surface area contributed by atoms with E-state index in [9.17, 15) is 13.2 Å². The van der Waals surface area contributed by atoms with Crippen molar-refractivity contribution >= 4 is 27.8 Å². The zero-order valence-electron chi connectivity index (χ0n) is 9.63. The van der Waals surface area contributed by atoms with Gasteiger partial charge in [-0.3, -0.25) is 4.79 Å². The first kappa shape index (κ1) is 13.8. The number of carbonyl (C=O) groups is 1. The Morgan fingerprint density at radius 3 is 2.44 bits per heavy atom. The summed E-state index contributed by atoms with van der Waals surface area (Å²) in [5.41, 5.74) is 0. The van der Waals surface area contributed by atoms with Gasteiger partial charge in [0.05, 0.1) is 4.75 Å². The Morgan fingerprint density at radius 2 is 2.00 bits per heavy atom. The number of thioether (sulfide) groups is 1. The van der Waals surface area contributed by atoms with Crippen LogP contribution >= 0.6 is 11.8 Å². The molecular formula is C9H17NO4S2. The zero-order chi connectivity index (χ0) is 12.6. The van der Waals surface area contributed by atoms with Crippen LogP contribution in [-0.4, -0.2) is 52.6 Å². The third-order valence-corrected chi connectivity index (χ3v) is 6.07. The SMILES string of the molecule is CC(C)(C)S(=O)(=O)N1CCSCC1C(=O)O. The first-order valence-corrected chi connectivity index (χ1v) is 7.59. The highest BCUT2D eigenvalue weighted by Crippen LogP contribution is 2.27. The number of sulfonamides is 1. The van der Waals surface area contributed by atoms with Gasteiger partial charge in [-0.05, 0) is 20.8 Å². The van der Waals surface area contributed by atoms with Gasteiger partial charge in [0, 0.05) is 18.1 Å². The molecule has 1 aliphatic rings. The lowest BCUT2D eigenvalue weighted by molar-refractivity contribution is -0.140. The molecule has 0 radical (unpaired) electrons. The van der Waals surface area contributed by atoms with E-state index in [1.54, 1.807) is 20.8 Å². The molecule has 0 aromatic rings. The molecule has 7 heteroatoms. The van der Waals surface area contributed by atoms with E-state index in [4.69, 9.17) is 5.11 Å². The molecule has 1 unspecified atom stereocenters. The van der Waals surface area contributed by atoms with Gasteiger partial charge in [0.2, 0.25) is 10.0 Å². The predicted molar refractivity (Wildman–Crippen MR) is 64.1 cm³/mol. The molecule has 0 aromatic heterocycles. The van der Waals surface area contributed by atoms with Crippen LogP contribution in [0.2, 0.25) is 0 Å². The van der Waals surface area contributed by atoms with E-state index < -0.39 is 26.8 Å². The second-order valence-corrected chi connectivity index (χ2v) is 8.45. The molecule has 1 fully saturated rings. The predicted octanol–water partition coefficient (Wildman–Crippen LogP) is 0.617. The Bertz CT molecular complexity index is 371. The molecule has 0 amide bonds. The van der Waals surface area contributed by atoms with Crippen LogP contribution in [0.25, 0.3) is 0 Å². The molecule has 1 heterocycles. The van der Waals surface area contributed by atoms with E-state index in [2.05, 4.69) is 0 Å². The minimum atomic E-state index is -3.55. The van der Waals surface area contributed by atoms with Crippen molar-refractivity contribution in [3.05, 3.63) is 0 Å². The van der Waals surface area contributed by atoms with E-state index in [1.165, 1.54) is 11.8 Å². The van der Waals surface area contributed by atoms with Crippen LogP contribution in [0.1, 0.15) is 20.8 Å². The Labute approximate surface area is 100 Å². The topological polar surface area (TPSA) is 74.7 Å². The van der Waals surface area contributed by atoms with Gasteiger partial charge in [-0.25, -0.2) is 8.42 Å². The number of carboxylic acid groups (broad SMARTS) is 1. The maximum absolute atomic E-state index is 12.2. The molecule has 16 heavy (non-hydrogen) atoms. The number of rotatable bonds is 2. The molecule has 94 valence electrons. The number of hydrogen-bond donors (Lipinski definition) is 1. The van der Waals surface area contributed by atoms with Gasteiger partial charge in [-0.1, -0.05) is 0 Å². The fourth-order valence-corrected chi connectivity index (χ4v) is 4.21. The number of hydrogen-bond acceptors (Lipinski definition) is 4. The van der Waals surface area contributed by atoms with Crippen LogP contribution in [-0.2, 0) is 14.8 Å². The molecule has 0 spiro atoms. The second kappa shape index (κ2) is 4.54. The van der Waals surface area contributed by atoms with Crippen molar-refractivity contribution in [1.29, 1.82) is 0 Å². The standard InChI is InChI=1S/C9H17NO4S2/c1-9(2,3)16(13,14)10-4-5-15-6-7(10)8(11)12/h7H,4-6H2,1-3H3,(H,11,12). The van der Waals surface area contributed by atoms with Crippen LogP contribution in [0.4, 0.5) is 0 Å². The van der Waals surface area contributed by atoms with Gasteiger partial charge in [-0.2, -0.15) is 16.1 Å². The minimum absolute atomic E-state index is 0.279. The lowest BCUT2D eigenvalue weighted by Gasteiger charge is -2.36. The van der Waals surface area contributed by atoms with Crippen LogP contribution in [0.15, 0.2) is 0 Å². The number of carboxylic acids is 1. The highest BCUT2D eigenvalue weighted by atomic mass is 32.2. The lowest BCUT2D eigenvalue weighted by atomic mass is 10.3.